The standard InChI is InChI=1S/C24H34N6O4/c1-16-20(27-21-12-25-9-6-19(21)22(31)33-5)13-26-30(16)17-7-10-28(11-8-17)18-14-29(15-18)23(32)34-24(2,3)4/h6,9,12-13,17-18,27H,7-8,10-11,14-15H2,1-5H3. The Morgan fingerprint density at radius 2 is 1.79 bits per heavy atom. The van der Waals surface area contributed by atoms with Crippen LogP contribution in [0.4, 0.5) is 16.2 Å². The topological polar surface area (TPSA) is 102 Å². The van der Waals surface area contributed by atoms with Crippen LogP contribution in [-0.2, 0) is 9.47 Å². The number of hydrogen-bond donors (Lipinski definition) is 1. The molecule has 0 spiro atoms. The molecule has 0 radical (unpaired) electrons. The van der Waals surface area contributed by atoms with Gasteiger partial charge in [0.15, 0.2) is 0 Å². The molecule has 0 bridgehead atoms. The minimum atomic E-state index is -0.465. The second-order valence-electron chi connectivity index (χ2n) is 9.93. The van der Waals surface area contributed by atoms with Crippen molar-refractivity contribution >= 4 is 23.4 Å². The van der Waals surface area contributed by atoms with Gasteiger partial charge in [0, 0.05) is 38.4 Å². The predicted octanol–water partition coefficient (Wildman–Crippen LogP) is 3.37. The second kappa shape index (κ2) is 9.61. The van der Waals surface area contributed by atoms with Gasteiger partial charge in [0.05, 0.1) is 48.2 Å². The van der Waals surface area contributed by atoms with Crippen LogP contribution in [0.2, 0.25) is 0 Å². The van der Waals surface area contributed by atoms with Gasteiger partial charge in [-0.25, -0.2) is 9.59 Å². The third kappa shape index (κ3) is 5.16. The van der Waals surface area contributed by atoms with E-state index in [-0.39, 0.29) is 6.09 Å². The van der Waals surface area contributed by atoms with Crippen LogP contribution in [0.1, 0.15) is 55.7 Å². The smallest absolute Gasteiger partial charge is 0.410 e. The van der Waals surface area contributed by atoms with E-state index < -0.39 is 11.6 Å². The molecular weight excluding hydrogens is 436 g/mol. The van der Waals surface area contributed by atoms with E-state index in [1.807, 2.05) is 27.7 Å². The van der Waals surface area contributed by atoms with Crippen LogP contribution < -0.4 is 5.32 Å². The molecule has 0 atom stereocenters. The number of aromatic nitrogens is 3. The molecule has 10 nitrogen and oxygen atoms in total. The maximum Gasteiger partial charge on any atom is 0.410 e. The summed E-state index contributed by atoms with van der Waals surface area (Å²) < 4.78 is 12.4. The fraction of sp³-hybridized carbons (Fsp3) is 0.583. The highest BCUT2D eigenvalue weighted by atomic mass is 16.6. The van der Waals surface area contributed by atoms with Gasteiger partial charge in [-0.05, 0) is 46.6 Å². The summed E-state index contributed by atoms with van der Waals surface area (Å²) in [6, 6.07) is 2.34. The molecule has 34 heavy (non-hydrogen) atoms. The van der Waals surface area contributed by atoms with Gasteiger partial charge in [0.1, 0.15) is 5.60 Å². The first-order chi connectivity index (χ1) is 16.2. The maximum atomic E-state index is 12.2. The fourth-order valence-corrected chi connectivity index (χ4v) is 4.50. The van der Waals surface area contributed by atoms with Crippen molar-refractivity contribution in [3.05, 3.63) is 35.9 Å². The molecule has 0 saturated carbocycles. The van der Waals surface area contributed by atoms with Crippen molar-refractivity contribution in [2.75, 3.05) is 38.6 Å². The number of carbonyl (C=O) groups excluding carboxylic acids is 2. The summed E-state index contributed by atoms with van der Waals surface area (Å²) in [5.41, 5.74) is 2.41. The van der Waals surface area contributed by atoms with E-state index in [4.69, 9.17) is 9.47 Å². The lowest BCUT2D eigenvalue weighted by molar-refractivity contribution is -0.0215. The zero-order valence-corrected chi connectivity index (χ0v) is 20.6. The maximum absolute atomic E-state index is 12.2. The lowest BCUT2D eigenvalue weighted by Gasteiger charge is -2.47. The molecule has 184 valence electrons. The second-order valence-corrected chi connectivity index (χ2v) is 9.93. The quantitative estimate of drug-likeness (QED) is 0.664. The number of nitrogens with one attached hydrogen (secondary N) is 1. The number of pyridine rings is 1. The molecule has 2 aliphatic rings. The first kappa shape index (κ1) is 24.0. The molecule has 2 aromatic rings. The highest BCUT2D eigenvalue weighted by Crippen LogP contribution is 2.30. The largest absolute Gasteiger partial charge is 0.465 e. The minimum Gasteiger partial charge on any atom is -0.465 e. The Hall–Kier alpha value is -3.14. The first-order valence-electron chi connectivity index (χ1n) is 11.7. The van der Waals surface area contributed by atoms with Gasteiger partial charge in [-0.1, -0.05) is 0 Å². The summed E-state index contributed by atoms with van der Waals surface area (Å²) in [5, 5.41) is 7.92. The zero-order chi connectivity index (χ0) is 24.5. The van der Waals surface area contributed by atoms with E-state index in [0.717, 1.165) is 50.4 Å². The molecule has 2 fully saturated rings. The van der Waals surface area contributed by atoms with Crippen molar-refractivity contribution in [1.82, 2.24) is 24.6 Å². The number of ether oxygens (including phenoxy) is 2. The van der Waals surface area contributed by atoms with Crippen LogP contribution in [0, 0.1) is 6.92 Å². The van der Waals surface area contributed by atoms with E-state index in [1.54, 1.807) is 29.6 Å². The normalized spacial score (nSPS) is 17.9. The lowest BCUT2D eigenvalue weighted by Crippen LogP contribution is -2.62. The number of nitrogens with zero attached hydrogens (tertiary/aromatic N) is 5. The van der Waals surface area contributed by atoms with Crippen LogP contribution in [0.15, 0.2) is 24.7 Å². The Labute approximate surface area is 200 Å². The van der Waals surface area contributed by atoms with Crippen molar-refractivity contribution in [1.29, 1.82) is 0 Å². The van der Waals surface area contributed by atoms with Crippen LogP contribution in [0.25, 0.3) is 0 Å². The van der Waals surface area contributed by atoms with Crippen molar-refractivity contribution in [3.8, 4) is 0 Å². The minimum absolute atomic E-state index is 0.227. The molecule has 1 amide bonds. The van der Waals surface area contributed by atoms with Gasteiger partial charge >= 0.3 is 12.1 Å². The van der Waals surface area contributed by atoms with E-state index in [0.29, 0.717) is 23.3 Å². The molecule has 0 unspecified atom stereocenters. The molecular formula is C24H34N6O4. The van der Waals surface area contributed by atoms with E-state index in [9.17, 15) is 9.59 Å². The number of hydrogen-bond acceptors (Lipinski definition) is 8. The number of esters is 1. The number of methoxy groups -OCH3 is 1. The summed E-state index contributed by atoms with van der Waals surface area (Å²) in [6.45, 7) is 11.1. The molecule has 2 aromatic heterocycles. The molecule has 2 aliphatic heterocycles. The molecule has 4 heterocycles. The predicted molar refractivity (Wildman–Crippen MR) is 127 cm³/mol. The number of likely N-dealkylation sites (tertiary alicyclic amines) is 2. The van der Waals surface area contributed by atoms with Crippen LogP contribution in [0.3, 0.4) is 0 Å². The number of anilines is 2. The van der Waals surface area contributed by atoms with E-state index in [1.165, 1.54) is 7.11 Å². The average Bonchev–Trinajstić information content (AvgIpc) is 3.12. The monoisotopic (exact) mass is 470 g/mol. The van der Waals surface area contributed by atoms with Gasteiger partial charge < -0.3 is 19.7 Å². The first-order valence-corrected chi connectivity index (χ1v) is 11.7. The van der Waals surface area contributed by atoms with Gasteiger partial charge in [-0.3, -0.25) is 14.6 Å². The highest BCUT2D eigenvalue weighted by Gasteiger charge is 2.38. The SMILES string of the molecule is COC(=O)c1ccncc1Nc1cnn(C2CCN(C3CN(C(=O)OC(C)(C)C)C3)CC2)c1C. The lowest BCUT2D eigenvalue weighted by atomic mass is 10.00. The van der Waals surface area contributed by atoms with Crippen LogP contribution >= 0.6 is 0 Å². The molecule has 10 heteroatoms. The fourth-order valence-electron chi connectivity index (χ4n) is 4.50. The van der Waals surface area contributed by atoms with Crippen molar-refractivity contribution in [2.24, 2.45) is 0 Å². The van der Waals surface area contributed by atoms with Crippen molar-refractivity contribution in [2.45, 2.75) is 58.2 Å². The van der Waals surface area contributed by atoms with Crippen LogP contribution in [-0.4, -0.2) is 81.6 Å². The van der Waals surface area contributed by atoms with Gasteiger partial charge in [-0.2, -0.15) is 5.10 Å². The Balaban J connectivity index is 1.32. The van der Waals surface area contributed by atoms with Gasteiger partial charge in [0.25, 0.3) is 0 Å². The summed E-state index contributed by atoms with van der Waals surface area (Å²) in [6.07, 6.45) is 6.73. The highest BCUT2D eigenvalue weighted by molar-refractivity contribution is 5.96. The average molecular weight is 471 g/mol. The Morgan fingerprint density at radius 1 is 1.09 bits per heavy atom. The summed E-state index contributed by atoms with van der Waals surface area (Å²) in [4.78, 5) is 32.6. The van der Waals surface area contributed by atoms with Gasteiger partial charge in [-0.15, -0.1) is 0 Å². The third-order valence-electron chi connectivity index (χ3n) is 6.42. The van der Waals surface area contributed by atoms with Crippen molar-refractivity contribution < 1.29 is 19.1 Å². The third-order valence-corrected chi connectivity index (χ3v) is 6.42. The summed E-state index contributed by atoms with van der Waals surface area (Å²) in [5.74, 6) is -0.413. The van der Waals surface area contributed by atoms with Crippen LogP contribution in [0.5, 0.6) is 0 Å². The Morgan fingerprint density at radius 3 is 2.44 bits per heavy atom. The number of piperidine rings is 1. The number of carbonyl (C=O) groups is 2. The molecule has 4 rings (SSSR count). The molecule has 0 aliphatic carbocycles. The molecule has 2 saturated heterocycles. The Kier molecular flexibility index (Phi) is 6.79. The number of rotatable bonds is 5. The van der Waals surface area contributed by atoms with E-state index >= 15 is 0 Å². The van der Waals surface area contributed by atoms with Crippen molar-refractivity contribution in [3.63, 3.8) is 0 Å². The number of amides is 1. The van der Waals surface area contributed by atoms with E-state index in [2.05, 4.69) is 25.0 Å². The molecule has 1 N–H and O–H groups in total. The summed E-state index contributed by atoms with van der Waals surface area (Å²) >= 11 is 0. The molecule has 0 aromatic carbocycles. The van der Waals surface area contributed by atoms with Gasteiger partial charge in [0.2, 0.25) is 0 Å². The zero-order valence-electron chi connectivity index (χ0n) is 20.6. The summed E-state index contributed by atoms with van der Waals surface area (Å²) in [7, 11) is 1.36. The Bertz CT molecular complexity index is 1030.